The molecule has 0 radical (unpaired) electrons. The lowest BCUT2D eigenvalue weighted by Crippen LogP contribution is -2.51. The van der Waals surface area contributed by atoms with Crippen LogP contribution in [0.25, 0.3) is 0 Å². The van der Waals surface area contributed by atoms with Crippen molar-refractivity contribution in [3.05, 3.63) is 0 Å². The molecule has 19 heavy (non-hydrogen) atoms. The minimum atomic E-state index is -0.779. The monoisotopic (exact) mass is 272 g/mol. The van der Waals surface area contributed by atoms with E-state index in [4.69, 9.17) is 4.74 Å². The van der Waals surface area contributed by atoms with Crippen LogP contribution in [0.2, 0.25) is 0 Å². The summed E-state index contributed by atoms with van der Waals surface area (Å²) < 4.78 is 5.14. The molecule has 1 aliphatic carbocycles. The Morgan fingerprint density at radius 1 is 1.42 bits per heavy atom. The van der Waals surface area contributed by atoms with Gasteiger partial charge in [0.1, 0.15) is 6.04 Å². The van der Waals surface area contributed by atoms with Gasteiger partial charge in [0.05, 0.1) is 6.61 Å². The predicted molar refractivity (Wildman–Crippen MR) is 75.3 cm³/mol. The second kappa shape index (κ2) is 7.82. The predicted octanol–water partition coefficient (Wildman–Crippen LogP) is 1.18. The van der Waals surface area contributed by atoms with E-state index in [0.29, 0.717) is 19.2 Å². The second-order valence-electron chi connectivity index (χ2n) is 5.78. The van der Waals surface area contributed by atoms with Crippen LogP contribution in [0.3, 0.4) is 0 Å². The van der Waals surface area contributed by atoms with Crippen molar-refractivity contribution in [1.29, 1.82) is 0 Å². The van der Waals surface area contributed by atoms with Gasteiger partial charge in [-0.05, 0) is 25.7 Å². The largest absolute Gasteiger partial charge is 0.480 e. The maximum Gasteiger partial charge on any atom is 0.322 e. The van der Waals surface area contributed by atoms with Crippen molar-refractivity contribution in [2.45, 2.75) is 51.7 Å². The van der Waals surface area contributed by atoms with Crippen molar-refractivity contribution in [3.63, 3.8) is 0 Å². The zero-order valence-corrected chi connectivity index (χ0v) is 12.6. The molecular weight excluding hydrogens is 244 g/mol. The summed E-state index contributed by atoms with van der Waals surface area (Å²) in [7, 11) is 1.68. The maximum atomic E-state index is 11.3. The molecule has 1 fully saturated rings. The molecular formula is C14H28N2O3. The molecule has 0 aromatic heterocycles. The van der Waals surface area contributed by atoms with Gasteiger partial charge in [-0.3, -0.25) is 9.69 Å². The lowest BCUT2D eigenvalue weighted by Gasteiger charge is -2.32. The highest BCUT2D eigenvalue weighted by Crippen LogP contribution is 2.35. The van der Waals surface area contributed by atoms with E-state index in [1.54, 1.807) is 7.11 Å². The summed E-state index contributed by atoms with van der Waals surface area (Å²) in [6.45, 7) is 8.11. The molecule has 2 unspecified atom stereocenters. The molecule has 1 rings (SSSR count). The third kappa shape index (κ3) is 5.89. The van der Waals surface area contributed by atoms with Gasteiger partial charge in [-0.1, -0.05) is 13.8 Å². The Morgan fingerprint density at radius 2 is 2.05 bits per heavy atom. The van der Waals surface area contributed by atoms with Gasteiger partial charge >= 0.3 is 5.97 Å². The maximum absolute atomic E-state index is 11.3. The molecule has 0 bridgehead atoms. The van der Waals surface area contributed by atoms with Gasteiger partial charge in [-0.15, -0.1) is 0 Å². The van der Waals surface area contributed by atoms with Crippen molar-refractivity contribution in [2.75, 3.05) is 26.8 Å². The molecule has 1 aliphatic rings. The van der Waals surface area contributed by atoms with Gasteiger partial charge in [0.25, 0.3) is 0 Å². The van der Waals surface area contributed by atoms with Crippen LogP contribution in [0.4, 0.5) is 0 Å². The van der Waals surface area contributed by atoms with Gasteiger partial charge in [0.2, 0.25) is 0 Å². The minimum Gasteiger partial charge on any atom is -0.480 e. The standard InChI is InChI=1S/C14H28N2O3/c1-10(2)15-13(14(17)18)9-16(7-8-19-4)11(3)12-5-6-12/h10-13,15H,5-9H2,1-4H3,(H,17,18). The Balaban J connectivity index is 2.58. The van der Waals surface area contributed by atoms with Gasteiger partial charge in [-0.2, -0.15) is 0 Å². The molecule has 1 saturated carbocycles. The Bertz CT molecular complexity index is 280. The number of nitrogens with zero attached hydrogens (tertiary/aromatic N) is 1. The lowest BCUT2D eigenvalue weighted by atomic mass is 10.1. The number of hydrogen-bond donors (Lipinski definition) is 2. The Kier molecular flexibility index (Phi) is 6.75. The Labute approximate surface area is 116 Å². The quantitative estimate of drug-likeness (QED) is 0.625. The fraction of sp³-hybridized carbons (Fsp3) is 0.929. The molecule has 0 heterocycles. The van der Waals surface area contributed by atoms with E-state index in [-0.39, 0.29) is 6.04 Å². The number of carbonyl (C=O) groups is 1. The van der Waals surface area contributed by atoms with Crippen molar-refractivity contribution >= 4 is 5.97 Å². The Morgan fingerprint density at radius 3 is 2.47 bits per heavy atom. The third-order valence-corrected chi connectivity index (χ3v) is 3.71. The summed E-state index contributed by atoms with van der Waals surface area (Å²) in [5.74, 6) is -0.0514. The number of hydrogen-bond acceptors (Lipinski definition) is 4. The fourth-order valence-corrected chi connectivity index (χ4v) is 2.39. The Hall–Kier alpha value is -0.650. The van der Waals surface area contributed by atoms with E-state index in [9.17, 15) is 9.90 Å². The molecule has 2 atom stereocenters. The number of nitrogens with one attached hydrogen (secondary N) is 1. The summed E-state index contributed by atoms with van der Waals surface area (Å²) in [4.78, 5) is 13.6. The highest BCUT2D eigenvalue weighted by Gasteiger charge is 2.33. The molecule has 0 spiro atoms. The first kappa shape index (κ1) is 16.4. The average Bonchev–Trinajstić information content (AvgIpc) is 3.15. The van der Waals surface area contributed by atoms with E-state index < -0.39 is 12.0 Å². The van der Waals surface area contributed by atoms with Crippen molar-refractivity contribution in [3.8, 4) is 0 Å². The van der Waals surface area contributed by atoms with Crippen LogP contribution in [-0.4, -0.2) is 60.9 Å². The summed E-state index contributed by atoms with van der Waals surface area (Å²) in [6, 6.07) is 0.0885. The molecule has 0 aromatic carbocycles. The number of carboxylic acids is 1. The van der Waals surface area contributed by atoms with Crippen LogP contribution < -0.4 is 5.32 Å². The second-order valence-corrected chi connectivity index (χ2v) is 5.78. The SMILES string of the molecule is COCCN(CC(NC(C)C)C(=O)O)C(C)C1CC1. The summed E-state index contributed by atoms with van der Waals surface area (Å²) in [6.07, 6.45) is 2.53. The fourth-order valence-electron chi connectivity index (χ4n) is 2.39. The van der Waals surface area contributed by atoms with Crippen LogP contribution in [-0.2, 0) is 9.53 Å². The molecule has 0 aromatic rings. The first-order valence-electron chi connectivity index (χ1n) is 7.17. The molecule has 0 saturated heterocycles. The molecule has 5 heteroatoms. The van der Waals surface area contributed by atoms with E-state index in [1.165, 1.54) is 12.8 Å². The van der Waals surface area contributed by atoms with Gasteiger partial charge in [0.15, 0.2) is 0 Å². The van der Waals surface area contributed by atoms with Crippen molar-refractivity contribution in [2.24, 2.45) is 5.92 Å². The van der Waals surface area contributed by atoms with E-state index in [0.717, 1.165) is 12.5 Å². The van der Waals surface area contributed by atoms with Crippen LogP contribution in [0.1, 0.15) is 33.6 Å². The van der Waals surface area contributed by atoms with E-state index >= 15 is 0 Å². The molecule has 5 nitrogen and oxygen atoms in total. The molecule has 112 valence electrons. The summed E-state index contributed by atoms with van der Waals surface area (Å²) >= 11 is 0. The van der Waals surface area contributed by atoms with Gasteiger partial charge < -0.3 is 15.2 Å². The minimum absolute atomic E-state index is 0.168. The number of rotatable bonds is 10. The van der Waals surface area contributed by atoms with Crippen LogP contribution in [0, 0.1) is 5.92 Å². The number of ether oxygens (including phenoxy) is 1. The molecule has 2 N–H and O–H groups in total. The topological polar surface area (TPSA) is 61.8 Å². The smallest absolute Gasteiger partial charge is 0.322 e. The first-order chi connectivity index (χ1) is 8.95. The lowest BCUT2D eigenvalue weighted by molar-refractivity contribution is -0.140. The van der Waals surface area contributed by atoms with Gasteiger partial charge in [-0.25, -0.2) is 0 Å². The molecule has 0 aliphatic heterocycles. The molecule has 0 amide bonds. The van der Waals surface area contributed by atoms with Gasteiger partial charge in [0, 0.05) is 32.3 Å². The number of aliphatic carboxylic acids is 1. The summed E-state index contributed by atoms with van der Waals surface area (Å²) in [5, 5.41) is 12.4. The first-order valence-corrected chi connectivity index (χ1v) is 7.17. The van der Waals surface area contributed by atoms with Crippen LogP contribution in [0.15, 0.2) is 0 Å². The van der Waals surface area contributed by atoms with Crippen LogP contribution in [0.5, 0.6) is 0 Å². The number of carboxylic acid groups (broad SMARTS) is 1. The zero-order valence-electron chi connectivity index (χ0n) is 12.6. The highest BCUT2D eigenvalue weighted by atomic mass is 16.5. The third-order valence-electron chi connectivity index (χ3n) is 3.71. The van der Waals surface area contributed by atoms with E-state index in [1.807, 2.05) is 13.8 Å². The number of methoxy groups -OCH3 is 1. The van der Waals surface area contributed by atoms with Crippen LogP contribution >= 0.6 is 0 Å². The highest BCUT2D eigenvalue weighted by molar-refractivity contribution is 5.73. The zero-order chi connectivity index (χ0) is 14.4. The van der Waals surface area contributed by atoms with Crippen molar-refractivity contribution < 1.29 is 14.6 Å². The summed E-state index contributed by atoms with van der Waals surface area (Å²) in [5.41, 5.74) is 0. The van der Waals surface area contributed by atoms with E-state index in [2.05, 4.69) is 17.1 Å². The average molecular weight is 272 g/mol. The normalized spacial score (nSPS) is 18.8. The van der Waals surface area contributed by atoms with Crippen molar-refractivity contribution in [1.82, 2.24) is 10.2 Å².